The maximum Gasteiger partial charge on any atom is 0.472 e. The molecule has 0 radical (unpaired) electrons. The number of aliphatic hydroxyl groups is 1. The van der Waals surface area contributed by atoms with E-state index in [-0.39, 0.29) is 25.7 Å². The Morgan fingerprint density at radius 2 is 0.490 bits per heavy atom. The lowest BCUT2D eigenvalue weighted by molar-refractivity contribution is -0.161. The smallest absolute Gasteiger partial charge is 0.462 e. The number of rotatable bonds is 77. The molecular formula is C83H148O17P2. The van der Waals surface area contributed by atoms with Crippen molar-refractivity contribution in [2.24, 2.45) is 0 Å². The highest BCUT2D eigenvalue weighted by atomic mass is 31.2. The van der Waals surface area contributed by atoms with Crippen LogP contribution in [0.25, 0.3) is 0 Å². The predicted octanol–water partition coefficient (Wildman–Crippen LogP) is 23.8. The molecule has 0 bridgehead atoms. The van der Waals surface area contributed by atoms with Crippen LogP contribution in [0.2, 0.25) is 0 Å². The summed E-state index contributed by atoms with van der Waals surface area (Å²) in [6.07, 6.45) is 78.4. The molecule has 0 aromatic heterocycles. The van der Waals surface area contributed by atoms with Gasteiger partial charge in [0, 0.05) is 25.7 Å². The quantitative estimate of drug-likeness (QED) is 0.0169. The van der Waals surface area contributed by atoms with Crippen molar-refractivity contribution in [1.82, 2.24) is 0 Å². The van der Waals surface area contributed by atoms with Gasteiger partial charge in [0.15, 0.2) is 12.2 Å². The van der Waals surface area contributed by atoms with Crippen molar-refractivity contribution >= 4 is 39.5 Å². The number of unbranched alkanes of at least 4 members (excludes halogenated alkanes) is 37. The molecule has 5 atom stereocenters. The van der Waals surface area contributed by atoms with Crippen LogP contribution in [0.3, 0.4) is 0 Å². The van der Waals surface area contributed by atoms with Crippen molar-refractivity contribution in [2.75, 3.05) is 39.6 Å². The number of esters is 4. The highest BCUT2D eigenvalue weighted by Gasteiger charge is 2.30. The molecule has 0 fully saturated rings. The summed E-state index contributed by atoms with van der Waals surface area (Å²) in [4.78, 5) is 73.0. The fourth-order valence-electron chi connectivity index (χ4n) is 11.0. The summed E-state index contributed by atoms with van der Waals surface area (Å²) in [5.41, 5.74) is 0. The van der Waals surface area contributed by atoms with Crippen LogP contribution in [0.5, 0.6) is 0 Å². The number of phosphoric ester groups is 2. The monoisotopic (exact) mass is 1480 g/mol. The van der Waals surface area contributed by atoms with E-state index in [0.717, 1.165) is 154 Å². The van der Waals surface area contributed by atoms with E-state index in [2.05, 4.69) is 101 Å². The van der Waals surface area contributed by atoms with Gasteiger partial charge in [0.05, 0.1) is 26.4 Å². The number of aliphatic hydroxyl groups excluding tert-OH is 1. The lowest BCUT2D eigenvalue weighted by Gasteiger charge is -2.21. The van der Waals surface area contributed by atoms with Crippen molar-refractivity contribution in [3.63, 3.8) is 0 Å². The Morgan fingerprint density at radius 3 is 0.814 bits per heavy atom. The van der Waals surface area contributed by atoms with E-state index >= 15 is 0 Å². The first-order valence-electron chi connectivity index (χ1n) is 40.8. The van der Waals surface area contributed by atoms with Crippen LogP contribution in [0.1, 0.15) is 362 Å². The average molecular weight is 1480 g/mol. The third-order valence-corrected chi connectivity index (χ3v) is 19.2. The molecule has 102 heavy (non-hydrogen) atoms. The lowest BCUT2D eigenvalue weighted by atomic mass is 10.1. The van der Waals surface area contributed by atoms with Gasteiger partial charge in [-0.1, -0.05) is 280 Å². The van der Waals surface area contributed by atoms with Crippen LogP contribution < -0.4 is 0 Å². The molecule has 0 aliphatic carbocycles. The van der Waals surface area contributed by atoms with Gasteiger partial charge in [0.2, 0.25) is 0 Å². The molecule has 0 spiro atoms. The molecule has 0 aliphatic heterocycles. The first-order chi connectivity index (χ1) is 49.7. The number of hydrogen-bond acceptors (Lipinski definition) is 15. The van der Waals surface area contributed by atoms with Gasteiger partial charge in [-0.2, -0.15) is 0 Å². The van der Waals surface area contributed by atoms with Crippen molar-refractivity contribution in [3.05, 3.63) is 85.1 Å². The van der Waals surface area contributed by atoms with Gasteiger partial charge in [-0.3, -0.25) is 37.3 Å². The Labute approximate surface area is 621 Å². The molecule has 3 N–H and O–H groups in total. The molecular weight excluding hydrogens is 1330 g/mol. The molecule has 2 unspecified atom stereocenters. The number of carbonyl (C=O) groups is 4. The standard InChI is InChI=1S/C83H148O17P2/c1-5-9-13-17-21-25-29-33-37-38-42-44-48-52-56-60-64-68-81(86)94-74-79(100-83(88)70-66-62-58-54-50-46-41-36-32-28-24-20-16-12-8-4)76-98-102(91,92)96-72-77(84)71-95-101(89,90)97-75-78(99-82(87)69-65-61-57-53-49-45-40-35-31-27-23-19-15-11-7-3)73-93-80(85)67-63-59-55-51-47-43-39-34-30-26-22-18-14-10-6-2/h21,25-26,28,30,32-33,35,37,40,42,44,52,56,77-79,84H,5-20,22-24,27,29,31,34,36,38-39,41,43,45-51,53-55,57-76H2,1-4H3,(H,89,90)(H,91,92)/b25-21-,30-26-,32-28-,37-33-,40-35-,44-42-,56-52-/t77-,78+,79+/m0/s1. The molecule has 0 saturated carbocycles. The van der Waals surface area contributed by atoms with Crippen LogP contribution in [0.4, 0.5) is 0 Å². The second kappa shape index (κ2) is 75.5. The highest BCUT2D eigenvalue weighted by molar-refractivity contribution is 7.47. The van der Waals surface area contributed by atoms with Crippen LogP contribution in [0, 0.1) is 0 Å². The van der Waals surface area contributed by atoms with E-state index in [0.29, 0.717) is 32.1 Å². The minimum atomic E-state index is -4.99. The lowest BCUT2D eigenvalue weighted by Crippen LogP contribution is -2.30. The van der Waals surface area contributed by atoms with Crippen molar-refractivity contribution in [3.8, 4) is 0 Å². The molecule has 0 heterocycles. The Hall–Kier alpha value is -3.76. The van der Waals surface area contributed by atoms with Gasteiger partial charge in [0.25, 0.3) is 0 Å². The first-order valence-corrected chi connectivity index (χ1v) is 43.8. The first kappa shape index (κ1) is 98.2. The summed E-state index contributed by atoms with van der Waals surface area (Å²) in [6, 6.07) is 0. The Balaban J connectivity index is 5.40. The van der Waals surface area contributed by atoms with E-state index in [1.165, 1.54) is 122 Å². The molecule has 0 amide bonds. The minimum Gasteiger partial charge on any atom is -0.462 e. The number of carbonyl (C=O) groups excluding carboxylic acids is 4. The highest BCUT2D eigenvalue weighted by Crippen LogP contribution is 2.45. The number of phosphoric acid groups is 2. The third kappa shape index (κ3) is 74.5. The van der Waals surface area contributed by atoms with E-state index < -0.39 is 97.5 Å². The fraction of sp³-hybridized carbons (Fsp3) is 0.783. The second-order valence-electron chi connectivity index (χ2n) is 27.3. The summed E-state index contributed by atoms with van der Waals surface area (Å²) < 4.78 is 68.6. The van der Waals surface area contributed by atoms with E-state index in [4.69, 9.17) is 37.0 Å². The van der Waals surface area contributed by atoms with Gasteiger partial charge in [-0.05, 0) is 141 Å². The zero-order valence-electron chi connectivity index (χ0n) is 64.8. The fourth-order valence-corrected chi connectivity index (χ4v) is 12.6. The summed E-state index contributed by atoms with van der Waals surface area (Å²) >= 11 is 0. The van der Waals surface area contributed by atoms with Gasteiger partial charge in [0.1, 0.15) is 19.3 Å². The third-order valence-electron chi connectivity index (χ3n) is 17.3. The molecule has 0 aliphatic rings. The molecule has 592 valence electrons. The maximum atomic E-state index is 13.1. The van der Waals surface area contributed by atoms with Crippen molar-refractivity contribution in [1.29, 1.82) is 0 Å². The van der Waals surface area contributed by atoms with Crippen molar-refractivity contribution < 1.29 is 80.2 Å². The minimum absolute atomic E-state index is 0.0797. The summed E-state index contributed by atoms with van der Waals surface area (Å²) in [5.74, 6) is -2.24. The number of hydrogen-bond donors (Lipinski definition) is 3. The van der Waals surface area contributed by atoms with Gasteiger partial charge in [-0.25, -0.2) is 9.13 Å². The normalized spacial score (nSPS) is 14.3. The van der Waals surface area contributed by atoms with Crippen LogP contribution in [-0.2, 0) is 65.4 Å². The topological polar surface area (TPSA) is 237 Å². The molecule has 0 saturated heterocycles. The van der Waals surface area contributed by atoms with Crippen molar-refractivity contribution in [2.45, 2.75) is 380 Å². The Bertz CT molecular complexity index is 2260. The average Bonchev–Trinajstić information content (AvgIpc) is 0.923. The molecule has 0 rings (SSSR count). The van der Waals surface area contributed by atoms with Gasteiger partial charge in [-0.15, -0.1) is 0 Å². The summed E-state index contributed by atoms with van der Waals surface area (Å²) in [6.45, 7) is 4.79. The summed E-state index contributed by atoms with van der Waals surface area (Å²) in [7, 11) is -9.97. The zero-order chi connectivity index (χ0) is 74.6. The van der Waals surface area contributed by atoms with E-state index in [1.807, 2.05) is 12.2 Å². The molecule has 17 nitrogen and oxygen atoms in total. The van der Waals surface area contributed by atoms with E-state index in [9.17, 15) is 43.2 Å². The van der Waals surface area contributed by atoms with Crippen LogP contribution in [-0.4, -0.2) is 96.7 Å². The Morgan fingerprint density at radius 1 is 0.275 bits per heavy atom. The Kier molecular flexibility index (Phi) is 72.7. The molecule has 19 heteroatoms. The SMILES string of the molecule is CCCCC/C=C\C/C=C\C/C=C\C/C=C\CCCC(=O)OC[C@H](COP(=O)(O)OC[C@@H](O)COP(=O)(O)OC[C@@H](COC(=O)CCCCCCCCC/C=C\CCCCCC)OC(=O)CCCCCCC/C=C\CCCCCCCC)OC(=O)CCCCCCCCC/C=C\CCCCCC. The van der Waals surface area contributed by atoms with Gasteiger partial charge < -0.3 is 33.8 Å². The van der Waals surface area contributed by atoms with Crippen LogP contribution >= 0.6 is 15.6 Å². The largest absolute Gasteiger partial charge is 0.472 e. The molecule has 0 aromatic rings. The van der Waals surface area contributed by atoms with Gasteiger partial charge >= 0.3 is 39.5 Å². The molecule has 0 aromatic carbocycles. The predicted molar refractivity (Wildman–Crippen MR) is 418 cm³/mol. The van der Waals surface area contributed by atoms with E-state index in [1.54, 1.807) is 0 Å². The maximum absolute atomic E-state index is 13.1. The van der Waals surface area contributed by atoms with Crippen LogP contribution in [0.15, 0.2) is 85.1 Å². The second-order valence-corrected chi connectivity index (χ2v) is 30.3. The number of allylic oxidation sites excluding steroid dienone is 14. The zero-order valence-corrected chi connectivity index (χ0v) is 66.6. The number of ether oxygens (including phenoxy) is 4. The summed E-state index contributed by atoms with van der Waals surface area (Å²) in [5, 5.41) is 10.6.